The van der Waals surface area contributed by atoms with Gasteiger partial charge in [-0.15, -0.1) is 11.8 Å². The molecule has 2 aromatic heterocycles. The molecular formula is C58H67FN9O12S+. The van der Waals surface area contributed by atoms with Gasteiger partial charge in [0.15, 0.2) is 11.8 Å². The normalized spacial score (nSPS) is 17.5. The minimum atomic E-state index is -2.02. The molecular weight excluding hydrogens is 1070 g/mol. The van der Waals surface area contributed by atoms with E-state index in [9.17, 15) is 53.1 Å². The molecule has 0 bridgehead atoms. The molecule has 8 rings (SSSR count). The molecule has 428 valence electrons. The molecule has 0 radical (unpaired) electrons. The van der Waals surface area contributed by atoms with Gasteiger partial charge in [-0.05, 0) is 73.8 Å². The summed E-state index contributed by atoms with van der Waals surface area (Å²) in [5.41, 5.74) is 2.81. The number of halogens is 1. The van der Waals surface area contributed by atoms with Crippen LogP contribution in [0, 0.1) is 12.7 Å². The van der Waals surface area contributed by atoms with Gasteiger partial charge in [-0.2, -0.15) is 4.58 Å². The number of hydrogen-bond acceptors (Lipinski definition) is 14. The summed E-state index contributed by atoms with van der Waals surface area (Å²) in [6.45, 7) is 6.10. The quantitative estimate of drug-likeness (QED) is 0.0130. The highest BCUT2D eigenvalue weighted by Gasteiger charge is 2.46. The second-order valence-corrected chi connectivity index (χ2v) is 23.0. The van der Waals surface area contributed by atoms with Crippen molar-refractivity contribution < 1.29 is 62.0 Å². The number of pyridine rings is 2. The second-order valence-electron chi connectivity index (χ2n) is 21.3. The molecule has 0 spiro atoms. The van der Waals surface area contributed by atoms with Crippen molar-refractivity contribution in [2.45, 2.75) is 127 Å². The third-order valence-corrected chi connectivity index (χ3v) is 16.6. The Kier molecular flexibility index (Phi) is 18.5. The van der Waals surface area contributed by atoms with Gasteiger partial charge in [0.1, 0.15) is 25.5 Å². The van der Waals surface area contributed by atoms with Gasteiger partial charge in [-0.1, -0.05) is 57.5 Å². The number of imide groups is 1. The fourth-order valence-corrected chi connectivity index (χ4v) is 11.5. The van der Waals surface area contributed by atoms with Crippen LogP contribution >= 0.6 is 11.8 Å². The number of fused-ring (bicyclic) bond motifs is 5. The first-order valence-electron chi connectivity index (χ1n) is 27.1. The van der Waals surface area contributed by atoms with E-state index in [1.165, 1.54) is 30.0 Å². The summed E-state index contributed by atoms with van der Waals surface area (Å²) < 4.78 is 23.4. The van der Waals surface area contributed by atoms with Gasteiger partial charge in [-0.25, -0.2) is 19.0 Å². The number of esters is 1. The Balaban J connectivity index is 0.807. The Bertz CT molecular complexity index is 3340. The number of carbonyl (C=O) groups is 9. The zero-order chi connectivity index (χ0) is 58.3. The van der Waals surface area contributed by atoms with Crippen LogP contribution in [0.3, 0.4) is 0 Å². The average Bonchev–Trinajstić information content (AvgIpc) is 3.92. The maximum absolute atomic E-state index is 15.5. The Morgan fingerprint density at radius 2 is 1.59 bits per heavy atom. The number of thioether (sulfide) groups is 1. The lowest BCUT2D eigenvalue weighted by atomic mass is 9.78. The van der Waals surface area contributed by atoms with Gasteiger partial charge in [0, 0.05) is 58.9 Å². The Morgan fingerprint density at radius 3 is 2.32 bits per heavy atom. The molecule has 2 aromatic carbocycles. The number of rotatable bonds is 24. The van der Waals surface area contributed by atoms with Crippen molar-refractivity contribution in [1.29, 1.82) is 0 Å². The molecule has 3 atom stereocenters. The first-order valence-corrected chi connectivity index (χ1v) is 28.1. The molecule has 4 aliphatic rings. The molecule has 0 saturated heterocycles. The number of benzene rings is 2. The van der Waals surface area contributed by atoms with Crippen LogP contribution < -0.4 is 32.1 Å². The molecule has 0 saturated carbocycles. The standard InChI is InChI=1S/C58H66FN9O12S/c1-6-58(79)39-24-43-53-37(30-68(43)55(77)38(39)31-80-56(58)78)51-35(16-17-36-33(2)40(59)25-41(65-53)52(36)51)29-66(5)48(73)20-21-57(3,4)81-32-63-46(71)27-62-54(76)42(23-34-13-9-7-10-14-34)64-47(72)28-61-45(70)26-60-44(69)15-11-8-12-22-67-49(74)18-19-50(67)75/h7,9-10,13-14,18-19,24-25,29,35,42,79H,6,8,11-12,15-17,20-23,26-28,30-32H2,1-5H3,(H4-,60,61,62,63,64,69,70,71,72,76)/p+1/b66-29-/t35?,42-,58-/m0/s1. The maximum atomic E-state index is 15.5. The van der Waals surface area contributed by atoms with E-state index in [1.807, 2.05) is 20.1 Å². The summed E-state index contributed by atoms with van der Waals surface area (Å²) in [5, 5.41) is 25.1. The van der Waals surface area contributed by atoms with Crippen molar-refractivity contribution in [3.63, 3.8) is 0 Å². The smallest absolute Gasteiger partial charge is 0.386 e. The first-order chi connectivity index (χ1) is 38.6. The van der Waals surface area contributed by atoms with Crippen LogP contribution in [-0.4, -0.2) is 133 Å². The predicted molar refractivity (Wildman–Crippen MR) is 297 cm³/mol. The van der Waals surface area contributed by atoms with E-state index in [0.29, 0.717) is 61.0 Å². The average molecular weight is 1130 g/mol. The Labute approximate surface area is 470 Å². The number of carbonyl (C=O) groups excluding carboxylic acids is 9. The van der Waals surface area contributed by atoms with E-state index in [0.717, 1.165) is 32.5 Å². The number of nitrogens with zero attached hydrogens (tertiary/aromatic N) is 4. The predicted octanol–water partition coefficient (Wildman–Crippen LogP) is 2.72. The molecule has 5 heterocycles. The van der Waals surface area contributed by atoms with Crippen LogP contribution in [-0.2, 0) is 79.5 Å². The van der Waals surface area contributed by atoms with Gasteiger partial charge in [-0.3, -0.25) is 43.3 Å². The highest BCUT2D eigenvalue weighted by atomic mass is 32.2. The summed E-state index contributed by atoms with van der Waals surface area (Å²) in [5.74, 6) is -5.13. The zero-order valence-corrected chi connectivity index (χ0v) is 46.8. The van der Waals surface area contributed by atoms with Gasteiger partial charge >= 0.3 is 11.9 Å². The number of ether oxygens (including phenoxy) is 1. The molecule has 0 fully saturated rings. The molecule has 6 N–H and O–H groups in total. The van der Waals surface area contributed by atoms with Crippen LogP contribution in [0.15, 0.2) is 59.4 Å². The highest BCUT2D eigenvalue weighted by molar-refractivity contribution is 8.00. The maximum Gasteiger partial charge on any atom is 0.386 e. The monoisotopic (exact) mass is 1130 g/mol. The van der Waals surface area contributed by atoms with Crippen LogP contribution in [0.4, 0.5) is 4.39 Å². The minimum absolute atomic E-state index is 0.0194. The molecule has 8 amide bonds. The van der Waals surface area contributed by atoms with E-state index in [4.69, 9.17) is 9.72 Å². The lowest BCUT2D eigenvalue weighted by molar-refractivity contribution is -0.416. The number of amides is 8. The van der Waals surface area contributed by atoms with E-state index >= 15 is 4.39 Å². The highest BCUT2D eigenvalue weighted by Crippen LogP contribution is 2.46. The fourth-order valence-electron chi connectivity index (χ4n) is 10.6. The van der Waals surface area contributed by atoms with Crippen LogP contribution in [0.25, 0.3) is 22.3 Å². The number of aliphatic hydroxyl groups is 1. The number of nitrogens with one attached hydrogen (secondary N) is 5. The second kappa shape index (κ2) is 25.3. The Morgan fingerprint density at radius 1 is 0.901 bits per heavy atom. The summed E-state index contributed by atoms with van der Waals surface area (Å²) >= 11 is 1.41. The molecule has 3 aliphatic heterocycles. The Hall–Kier alpha value is -7.92. The molecule has 21 nitrogen and oxygen atoms in total. The van der Waals surface area contributed by atoms with Crippen molar-refractivity contribution in [3.05, 3.63) is 110 Å². The molecule has 23 heteroatoms. The van der Waals surface area contributed by atoms with E-state index in [1.54, 1.807) is 66.4 Å². The van der Waals surface area contributed by atoms with Gasteiger partial charge in [0.25, 0.3) is 17.4 Å². The van der Waals surface area contributed by atoms with Crippen molar-refractivity contribution in [2.75, 3.05) is 39.1 Å². The number of hydrogen-bond donors (Lipinski definition) is 6. The summed E-state index contributed by atoms with van der Waals surface area (Å²) in [4.78, 5) is 134. The van der Waals surface area contributed by atoms with Crippen molar-refractivity contribution in [3.8, 4) is 11.4 Å². The van der Waals surface area contributed by atoms with Gasteiger partial charge < -0.3 is 41.0 Å². The van der Waals surface area contributed by atoms with Crippen LogP contribution in [0.5, 0.6) is 0 Å². The van der Waals surface area contributed by atoms with Crippen molar-refractivity contribution in [2.24, 2.45) is 0 Å². The largest absolute Gasteiger partial charge is 0.458 e. The molecule has 1 aliphatic carbocycles. The lowest BCUT2D eigenvalue weighted by Crippen LogP contribution is -2.52. The van der Waals surface area contributed by atoms with Crippen LogP contribution in [0.1, 0.15) is 117 Å². The van der Waals surface area contributed by atoms with E-state index < -0.39 is 70.5 Å². The third kappa shape index (κ3) is 13.5. The van der Waals surface area contributed by atoms with Crippen LogP contribution in [0.2, 0.25) is 0 Å². The number of aryl methyl sites for hydroxylation is 1. The van der Waals surface area contributed by atoms with E-state index in [-0.39, 0.29) is 98.5 Å². The topological polar surface area (TPSA) is 284 Å². The van der Waals surface area contributed by atoms with Gasteiger partial charge in [0.05, 0.1) is 66.9 Å². The molecule has 4 aromatic rings. The van der Waals surface area contributed by atoms with E-state index in [2.05, 4.69) is 26.6 Å². The number of aromatic nitrogens is 2. The fraction of sp³-hybridized carbons (Fsp3) is 0.448. The number of unbranched alkanes of at least 4 members (excludes halogenated alkanes) is 2. The third-order valence-electron chi connectivity index (χ3n) is 15.3. The first kappa shape index (κ1) is 59.2. The lowest BCUT2D eigenvalue weighted by Gasteiger charge is -2.31. The number of cyclic esters (lactones) is 1. The molecule has 81 heavy (non-hydrogen) atoms. The summed E-state index contributed by atoms with van der Waals surface area (Å²) in [6.07, 6.45) is 7.72. The van der Waals surface area contributed by atoms with Gasteiger partial charge in [0.2, 0.25) is 29.5 Å². The van der Waals surface area contributed by atoms with Crippen molar-refractivity contribution >= 4 is 82.1 Å². The molecule has 1 unspecified atom stereocenters. The minimum Gasteiger partial charge on any atom is -0.458 e. The summed E-state index contributed by atoms with van der Waals surface area (Å²) in [6, 6.07) is 10.8. The summed E-state index contributed by atoms with van der Waals surface area (Å²) in [7, 11) is 1.69. The zero-order valence-electron chi connectivity index (χ0n) is 46.0. The SMILES string of the molecule is CC[C@@]1(O)C(=O)OCc2c1cc1n(c2=O)Cc2c-1nc1cc(F)c(C)c3c1c2C(/C=[N+](/C)C(=O)CCC(C)(C)SCNC(=O)CNC(=O)[C@H](Cc1ccccc1)NC(=O)CNC(=O)CNC(=O)CCCCCN1C(=O)C=CC1=O)CC3. The van der Waals surface area contributed by atoms with Crippen molar-refractivity contribution in [1.82, 2.24) is 41.0 Å².